The van der Waals surface area contributed by atoms with Crippen molar-refractivity contribution in [2.24, 2.45) is 0 Å². The van der Waals surface area contributed by atoms with Crippen LogP contribution in [0.25, 0.3) is 0 Å². The van der Waals surface area contributed by atoms with Gasteiger partial charge in [-0.2, -0.15) is 0 Å². The molecule has 0 bridgehead atoms. The molecular formula is C16H12N2O5. The van der Waals surface area contributed by atoms with E-state index < -0.39 is 17.8 Å². The molecule has 2 amide bonds. The van der Waals surface area contributed by atoms with Gasteiger partial charge in [-0.25, -0.2) is 4.79 Å². The number of hydroxylamine groups is 2. The van der Waals surface area contributed by atoms with Crippen LogP contribution in [-0.4, -0.2) is 28.0 Å². The van der Waals surface area contributed by atoms with E-state index in [0.29, 0.717) is 16.5 Å². The van der Waals surface area contributed by atoms with Crippen LogP contribution in [0.3, 0.4) is 0 Å². The Hall–Kier alpha value is -2.96. The third kappa shape index (κ3) is 2.04. The third-order valence-corrected chi connectivity index (χ3v) is 3.99. The molecule has 0 radical (unpaired) electrons. The first-order valence-electron chi connectivity index (χ1n) is 7.24. The van der Waals surface area contributed by atoms with Gasteiger partial charge < -0.3 is 9.36 Å². The maximum Gasteiger partial charge on any atom is 0.369 e. The van der Waals surface area contributed by atoms with Gasteiger partial charge in [-0.3, -0.25) is 9.59 Å². The smallest absolute Gasteiger partial charge is 0.360 e. The van der Waals surface area contributed by atoms with Crippen LogP contribution in [0.15, 0.2) is 28.8 Å². The van der Waals surface area contributed by atoms with Gasteiger partial charge in [0.1, 0.15) is 17.0 Å². The van der Waals surface area contributed by atoms with Gasteiger partial charge in [0.2, 0.25) is 0 Å². The van der Waals surface area contributed by atoms with E-state index in [1.54, 1.807) is 19.1 Å². The number of amides is 2. The molecule has 7 nitrogen and oxygen atoms in total. The number of aromatic nitrogens is 1. The molecule has 1 aliphatic carbocycles. The number of nitrogens with zero attached hydrogens (tertiary/aromatic N) is 2. The third-order valence-electron chi connectivity index (χ3n) is 3.99. The number of carbonyl (C=O) groups excluding carboxylic acids is 3. The van der Waals surface area contributed by atoms with E-state index in [0.717, 1.165) is 12.8 Å². The fraction of sp³-hybridized carbons (Fsp3) is 0.250. The van der Waals surface area contributed by atoms with E-state index in [2.05, 4.69) is 5.16 Å². The van der Waals surface area contributed by atoms with Crippen LogP contribution in [0.4, 0.5) is 0 Å². The Morgan fingerprint density at radius 2 is 1.83 bits per heavy atom. The van der Waals surface area contributed by atoms with E-state index in [9.17, 15) is 14.4 Å². The number of imide groups is 1. The van der Waals surface area contributed by atoms with Gasteiger partial charge in [-0.05, 0) is 31.9 Å². The van der Waals surface area contributed by atoms with Crippen LogP contribution in [-0.2, 0) is 4.84 Å². The Labute approximate surface area is 130 Å². The highest BCUT2D eigenvalue weighted by Gasteiger charge is 2.41. The van der Waals surface area contributed by atoms with Gasteiger partial charge in [0.05, 0.1) is 11.1 Å². The second kappa shape index (κ2) is 4.77. The van der Waals surface area contributed by atoms with Gasteiger partial charge in [0.15, 0.2) is 0 Å². The van der Waals surface area contributed by atoms with Crippen molar-refractivity contribution in [2.75, 3.05) is 0 Å². The second-order valence-corrected chi connectivity index (χ2v) is 5.60. The maximum atomic E-state index is 12.4. The number of hydrogen-bond acceptors (Lipinski definition) is 6. The van der Waals surface area contributed by atoms with Crippen molar-refractivity contribution in [1.82, 2.24) is 10.2 Å². The molecule has 1 fully saturated rings. The lowest BCUT2D eigenvalue weighted by Crippen LogP contribution is -2.33. The first-order valence-corrected chi connectivity index (χ1v) is 7.24. The first kappa shape index (κ1) is 13.7. The fourth-order valence-corrected chi connectivity index (χ4v) is 2.65. The van der Waals surface area contributed by atoms with Crippen molar-refractivity contribution >= 4 is 17.8 Å². The summed E-state index contributed by atoms with van der Waals surface area (Å²) in [5.41, 5.74) is 1.16. The molecule has 2 heterocycles. The van der Waals surface area contributed by atoms with Crippen LogP contribution in [0.1, 0.15) is 61.3 Å². The van der Waals surface area contributed by atoms with Crippen molar-refractivity contribution in [3.8, 4) is 0 Å². The highest BCUT2D eigenvalue weighted by molar-refractivity contribution is 6.21. The monoisotopic (exact) mass is 312 g/mol. The van der Waals surface area contributed by atoms with Crippen LogP contribution < -0.4 is 0 Å². The number of rotatable bonds is 3. The first-order chi connectivity index (χ1) is 11.1. The maximum absolute atomic E-state index is 12.4. The Morgan fingerprint density at radius 1 is 1.22 bits per heavy atom. The Balaban J connectivity index is 1.62. The van der Waals surface area contributed by atoms with Crippen LogP contribution in [0, 0.1) is 6.92 Å². The van der Waals surface area contributed by atoms with Crippen molar-refractivity contribution in [3.05, 3.63) is 52.4 Å². The quantitative estimate of drug-likeness (QED) is 0.807. The molecular weight excluding hydrogens is 300 g/mol. The average molecular weight is 312 g/mol. The van der Waals surface area contributed by atoms with Crippen molar-refractivity contribution in [1.29, 1.82) is 0 Å². The highest BCUT2D eigenvalue weighted by atomic mass is 16.7. The van der Waals surface area contributed by atoms with E-state index in [1.165, 1.54) is 12.1 Å². The lowest BCUT2D eigenvalue weighted by molar-refractivity contribution is -0.0586. The van der Waals surface area contributed by atoms with Crippen LogP contribution in [0.2, 0.25) is 0 Å². The van der Waals surface area contributed by atoms with Gasteiger partial charge >= 0.3 is 5.97 Å². The zero-order valence-corrected chi connectivity index (χ0v) is 12.2. The summed E-state index contributed by atoms with van der Waals surface area (Å²) in [6.07, 6.45) is 1.86. The normalized spacial score (nSPS) is 16.7. The largest absolute Gasteiger partial charge is 0.369 e. The van der Waals surface area contributed by atoms with Crippen molar-refractivity contribution in [3.63, 3.8) is 0 Å². The number of carbonyl (C=O) groups is 3. The Kier molecular flexibility index (Phi) is 2.84. The fourth-order valence-electron chi connectivity index (χ4n) is 2.65. The molecule has 0 spiro atoms. The molecule has 0 unspecified atom stereocenters. The Bertz CT molecular complexity index is 815. The number of hydrogen-bond donors (Lipinski definition) is 0. The minimum absolute atomic E-state index is 0.178. The average Bonchev–Trinajstić information content (AvgIpc) is 3.28. The molecule has 1 saturated carbocycles. The van der Waals surface area contributed by atoms with E-state index in [-0.39, 0.29) is 22.6 Å². The summed E-state index contributed by atoms with van der Waals surface area (Å²) in [5.74, 6) is -1.62. The zero-order valence-electron chi connectivity index (χ0n) is 12.2. The van der Waals surface area contributed by atoms with E-state index >= 15 is 0 Å². The standard InChI is InChI=1S/C16H12N2O5/c1-8-12(13(17-22-8)9-6-7-9)16(21)23-18-14(19)10-4-2-3-5-11(10)15(18)20/h2-5,9H,6-7H2,1H3. The molecule has 0 atom stereocenters. The van der Waals surface area contributed by atoms with E-state index in [4.69, 9.17) is 9.36 Å². The number of fused-ring (bicyclic) bond motifs is 1. The summed E-state index contributed by atoms with van der Waals surface area (Å²) in [4.78, 5) is 41.9. The SMILES string of the molecule is Cc1onc(C2CC2)c1C(=O)ON1C(=O)c2ccccc2C1=O. The van der Waals surface area contributed by atoms with Gasteiger partial charge in [-0.15, -0.1) is 0 Å². The molecule has 1 aliphatic heterocycles. The summed E-state index contributed by atoms with van der Waals surface area (Å²) in [7, 11) is 0. The predicted molar refractivity (Wildman–Crippen MR) is 75.6 cm³/mol. The number of benzene rings is 1. The minimum atomic E-state index is -0.805. The molecule has 1 aromatic carbocycles. The molecule has 0 N–H and O–H groups in total. The summed E-state index contributed by atoms with van der Waals surface area (Å²) >= 11 is 0. The van der Waals surface area contributed by atoms with Crippen LogP contribution in [0.5, 0.6) is 0 Å². The predicted octanol–water partition coefficient (Wildman–Crippen LogP) is 2.23. The summed E-state index contributed by atoms with van der Waals surface area (Å²) in [6, 6.07) is 6.32. The van der Waals surface area contributed by atoms with Crippen LogP contribution >= 0.6 is 0 Å². The lowest BCUT2D eigenvalue weighted by atomic mass is 10.1. The molecule has 2 aromatic rings. The molecule has 7 heteroatoms. The lowest BCUT2D eigenvalue weighted by Gasteiger charge is -2.12. The van der Waals surface area contributed by atoms with Crippen molar-refractivity contribution < 1.29 is 23.7 Å². The van der Waals surface area contributed by atoms with Gasteiger partial charge in [0, 0.05) is 5.92 Å². The highest BCUT2D eigenvalue weighted by Crippen LogP contribution is 2.42. The molecule has 4 rings (SSSR count). The minimum Gasteiger partial charge on any atom is -0.360 e. The van der Waals surface area contributed by atoms with E-state index in [1.807, 2.05) is 0 Å². The molecule has 0 saturated heterocycles. The topological polar surface area (TPSA) is 89.7 Å². The summed E-state index contributed by atoms with van der Waals surface area (Å²) in [6.45, 7) is 1.60. The van der Waals surface area contributed by atoms with Gasteiger partial charge in [0.25, 0.3) is 11.8 Å². The molecule has 2 aliphatic rings. The Morgan fingerprint density at radius 3 is 2.39 bits per heavy atom. The second-order valence-electron chi connectivity index (χ2n) is 5.60. The van der Waals surface area contributed by atoms with Crippen molar-refractivity contribution in [2.45, 2.75) is 25.7 Å². The summed E-state index contributed by atoms with van der Waals surface area (Å²) in [5, 5.41) is 4.38. The molecule has 1 aromatic heterocycles. The summed E-state index contributed by atoms with van der Waals surface area (Å²) < 4.78 is 5.06. The molecule has 23 heavy (non-hydrogen) atoms. The number of aryl methyl sites for hydroxylation is 1. The van der Waals surface area contributed by atoms with Gasteiger partial charge in [-0.1, -0.05) is 22.4 Å². The molecule has 116 valence electrons. The zero-order chi connectivity index (χ0) is 16.1.